The van der Waals surface area contributed by atoms with Gasteiger partial charge >= 0.3 is 0 Å². The zero-order valence-electron chi connectivity index (χ0n) is 7.67. The molecule has 0 bridgehead atoms. The Labute approximate surface area is 73.6 Å². The second-order valence-corrected chi connectivity index (χ2v) is 5.74. The number of hydrogen-bond donors (Lipinski definition) is 1. The normalized spacial score (nSPS) is 23.0. The van der Waals surface area contributed by atoms with Crippen molar-refractivity contribution in [3.05, 3.63) is 11.4 Å². The molecule has 12 heavy (non-hydrogen) atoms. The molecular formula is C8H16NO2P. The van der Waals surface area contributed by atoms with E-state index < -0.39 is 7.37 Å². The minimum absolute atomic E-state index is 0.606. The summed E-state index contributed by atoms with van der Waals surface area (Å²) in [6.07, 6.45) is 3.46. The number of hydrogen-bond acceptors (Lipinski definition) is 3. The van der Waals surface area contributed by atoms with Crippen LogP contribution in [0.3, 0.4) is 0 Å². The molecule has 1 heterocycles. The van der Waals surface area contributed by atoms with Crippen molar-refractivity contribution in [1.29, 1.82) is 0 Å². The third-order valence-corrected chi connectivity index (χ3v) is 4.89. The molecule has 1 aliphatic heterocycles. The van der Waals surface area contributed by atoms with Gasteiger partial charge in [0.05, 0.1) is 0 Å². The molecule has 1 unspecified atom stereocenters. The van der Waals surface area contributed by atoms with Gasteiger partial charge in [-0.05, 0) is 13.0 Å². The Balaban J connectivity index is 2.78. The van der Waals surface area contributed by atoms with Crippen molar-refractivity contribution >= 4 is 7.37 Å². The van der Waals surface area contributed by atoms with E-state index in [1.54, 1.807) is 0 Å². The van der Waals surface area contributed by atoms with Gasteiger partial charge in [0.25, 0.3) is 0 Å². The number of nitrogens with one attached hydrogen (secondary N) is 1. The average Bonchev–Trinajstić information content (AvgIpc) is 2.18. The molecule has 0 aromatic heterocycles. The molecule has 0 radical (unpaired) electrons. The van der Waals surface area contributed by atoms with E-state index in [4.69, 9.17) is 4.52 Å². The molecule has 1 rings (SSSR count). The van der Waals surface area contributed by atoms with Crippen molar-refractivity contribution in [2.45, 2.75) is 13.3 Å². The lowest BCUT2D eigenvalue weighted by molar-refractivity contribution is 0.398. The van der Waals surface area contributed by atoms with Crippen molar-refractivity contribution in [2.75, 3.05) is 26.4 Å². The predicted octanol–water partition coefficient (Wildman–Crippen LogP) is 1.81. The van der Waals surface area contributed by atoms with Crippen LogP contribution >= 0.6 is 7.37 Å². The lowest BCUT2D eigenvalue weighted by Gasteiger charge is -2.21. The smallest absolute Gasteiger partial charge is 0.227 e. The topological polar surface area (TPSA) is 38.3 Å². The third-order valence-electron chi connectivity index (χ3n) is 2.19. The fourth-order valence-corrected chi connectivity index (χ4v) is 3.09. The Kier molecular flexibility index (Phi) is 3.51. The van der Waals surface area contributed by atoms with Crippen molar-refractivity contribution in [1.82, 2.24) is 5.32 Å². The molecule has 1 aliphatic rings. The van der Waals surface area contributed by atoms with E-state index >= 15 is 0 Å². The van der Waals surface area contributed by atoms with Crippen LogP contribution < -0.4 is 5.32 Å². The van der Waals surface area contributed by atoms with Crippen LogP contribution in [0.2, 0.25) is 0 Å². The highest BCUT2D eigenvalue weighted by Crippen LogP contribution is 2.55. The SMILES string of the molecule is CCP(=O)(OC)C1=CCNCC1. The molecule has 0 aliphatic carbocycles. The van der Waals surface area contributed by atoms with E-state index in [0.717, 1.165) is 24.8 Å². The largest absolute Gasteiger partial charge is 0.329 e. The Morgan fingerprint density at radius 3 is 2.92 bits per heavy atom. The molecule has 3 nitrogen and oxygen atoms in total. The van der Waals surface area contributed by atoms with E-state index in [2.05, 4.69) is 5.32 Å². The highest BCUT2D eigenvalue weighted by atomic mass is 31.2. The molecule has 0 saturated heterocycles. The van der Waals surface area contributed by atoms with Crippen molar-refractivity contribution in [2.24, 2.45) is 0 Å². The summed E-state index contributed by atoms with van der Waals surface area (Å²) in [5, 5.41) is 4.19. The molecule has 0 saturated carbocycles. The summed E-state index contributed by atoms with van der Waals surface area (Å²) in [5.41, 5.74) is 0. The van der Waals surface area contributed by atoms with E-state index in [0.29, 0.717) is 6.16 Å². The summed E-state index contributed by atoms with van der Waals surface area (Å²) in [6.45, 7) is 3.65. The fourth-order valence-electron chi connectivity index (χ4n) is 1.37. The van der Waals surface area contributed by atoms with Crippen LogP contribution in [0.25, 0.3) is 0 Å². The maximum atomic E-state index is 12.0. The lowest BCUT2D eigenvalue weighted by atomic mass is 10.3. The molecule has 0 aromatic rings. The molecule has 0 aromatic carbocycles. The van der Waals surface area contributed by atoms with Gasteiger partial charge in [-0.15, -0.1) is 0 Å². The summed E-state index contributed by atoms with van der Waals surface area (Å²) in [6, 6.07) is 0. The second kappa shape index (κ2) is 4.22. The van der Waals surface area contributed by atoms with Crippen molar-refractivity contribution in [3.63, 3.8) is 0 Å². The minimum atomic E-state index is -2.44. The Morgan fingerprint density at radius 2 is 2.50 bits per heavy atom. The van der Waals surface area contributed by atoms with Gasteiger partial charge in [-0.25, -0.2) is 0 Å². The van der Waals surface area contributed by atoms with Gasteiger partial charge in [-0.1, -0.05) is 13.0 Å². The van der Waals surface area contributed by atoms with Gasteiger partial charge in [-0.2, -0.15) is 0 Å². The molecule has 4 heteroatoms. The van der Waals surface area contributed by atoms with Gasteiger partial charge in [-0.3, -0.25) is 4.57 Å². The monoisotopic (exact) mass is 189 g/mol. The van der Waals surface area contributed by atoms with Crippen LogP contribution in [-0.4, -0.2) is 26.4 Å². The summed E-state index contributed by atoms with van der Waals surface area (Å²) in [5.74, 6) is 0. The van der Waals surface area contributed by atoms with Gasteiger partial charge in [0.15, 0.2) is 0 Å². The van der Waals surface area contributed by atoms with Gasteiger partial charge < -0.3 is 9.84 Å². The van der Waals surface area contributed by atoms with Crippen molar-refractivity contribution in [3.8, 4) is 0 Å². The highest BCUT2D eigenvalue weighted by molar-refractivity contribution is 7.63. The summed E-state index contributed by atoms with van der Waals surface area (Å²) < 4.78 is 17.1. The molecule has 1 N–H and O–H groups in total. The Hall–Kier alpha value is -0.110. The minimum Gasteiger partial charge on any atom is -0.329 e. The summed E-state index contributed by atoms with van der Waals surface area (Å²) in [7, 11) is -0.901. The van der Waals surface area contributed by atoms with Gasteiger partial charge in [0.1, 0.15) is 0 Å². The van der Waals surface area contributed by atoms with Crippen LogP contribution in [0.4, 0.5) is 0 Å². The lowest BCUT2D eigenvalue weighted by Crippen LogP contribution is -2.21. The summed E-state index contributed by atoms with van der Waals surface area (Å²) in [4.78, 5) is 0. The molecule has 0 amide bonds. The second-order valence-electron chi connectivity index (χ2n) is 2.82. The van der Waals surface area contributed by atoms with Crippen LogP contribution in [0.5, 0.6) is 0 Å². The third kappa shape index (κ3) is 1.98. The molecule has 0 fully saturated rings. The fraction of sp³-hybridized carbons (Fsp3) is 0.750. The summed E-state index contributed by atoms with van der Waals surface area (Å²) >= 11 is 0. The standard InChI is InChI=1S/C8H16NO2P/c1-3-12(10,11-2)8-4-6-9-7-5-8/h4,9H,3,5-7H2,1-2H3. The van der Waals surface area contributed by atoms with E-state index in [9.17, 15) is 4.57 Å². The predicted molar refractivity (Wildman–Crippen MR) is 50.7 cm³/mol. The number of rotatable bonds is 3. The first-order chi connectivity index (χ1) is 5.73. The molecular weight excluding hydrogens is 173 g/mol. The quantitative estimate of drug-likeness (QED) is 0.688. The first-order valence-electron chi connectivity index (χ1n) is 4.28. The van der Waals surface area contributed by atoms with E-state index in [-0.39, 0.29) is 0 Å². The maximum absolute atomic E-state index is 12.0. The Bertz CT molecular complexity index is 217. The Morgan fingerprint density at radius 1 is 1.75 bits per heavy atom. The zero-order valence-corrected chi connectivity index (χ0v) is 8.56. The average molecular weight is 189 g/mol. The first-order valence-corrected chi connectivity index (χ1v) is 6.09. The van der Waals surface area contributed by atoms with Crippen molar-refractivity contribution < 1.29 is 9.09 Å². The van der Waals surface area contributed by atoms with E-state index in [1.807, 2.05) is 13.0 Å². The molecule has 70 valence electrons. The van der Waals surface area contributed by atoms with Gasteiger partial charge in [0.2, 0.25) is 7.37 Å². The van der Waals surface area contributed by atoms with Crippen LogP contribution in [0.1, 0.15) is 13.3 Å². The van der Waals surface area contributed by atoms with E-state index in [1.165, 1.54) is 7.11 Å². The molecule has 1 atom stereocenters. The maximum Gasteiger partial charge on any atom is 0.227 e. The first kappa shape index (κ1) is 9.97. The highest BCUT2D eigenvalue weighted by Gasteiger charge is 2.25. The van der Waals surface area contributed by atoms with Crippen LogP contribution in [0, 0.1) is 0 Å². The van der Waals surface area contributed by atoms with Crippen LogP contribution in [-0.2, 0) is 9.09 Å². The van der Waals surface area contributed by atoms with Gasteiger partial charge in [0, 0.05) is 25.1 Å². The zero-order chi connectivity index (χ0) is 9.03. The van der Waals surface area contributed by atoms with Crippen LogP contribution in [0.15, 0.2) is 11.4 Å². The molecule has 0 spiro atoms.